The van der Waals surface area contributed by atoms with Crippen molar-refractivity contribution in [3.63, 3.8) is 0 Å². The Labute approximate surface area is 107 Å². The Morgan fingerprint density at radius 3 is 2.12 bits per heavy atom. The van der Waals surface area contributed by atoms with E-state index < -0.39 is 7.12 Å². The van der Waals surface area contributed by atoms with Crippen molar-refractivity contribution >= 4 is 7.12 Å². The quantitative estimate of drug-likeness (QED) is 0.743. The van der Waals surface area contributed by atoms with Gasteiger partial charge in [-0.1, -0.05) is 47.0 Å². The smallest absolute Gasteiger partial charge is 0.427 e. The van der Waals surface area contributed by atoms with Crippen LogP contribution in [0.5, 0.6) is 0 Å². The minimum absolute atomic E-state index is 0.510. The van der Waals surface area contributed by atoms with Gasteiger partial charge in [0.15, 0.2) is 0 Å². The fourth-order valence-electron chi connectivity index (χ4n) is 3.56. The Morgan fingerprint density at radius 1 is 1.24 bits per heavy atom. The molecule has 0 aromatic heterocycles. The van der Waals surface area contributed by atoms with Gasteiger partial charge in [0.25, 0.3) is 0 Å². The summed E-state index contributed by atoms with van der Waals surface area (Å²) in [5.74, 6) is 3.15. The van der Waals surface area contributed by atoms with E-state index in [9.17, 15) is 0 Å². The summed E-state index contributed by atoms with van der Waals surface area (Å²) >= 11 is 0. The van der Waals surface area contributed by atoms with Gasteiger partial charge in [-0.25, -0.2) is 0 Å². The van der Waals surface area contributed by atoms with E-state index in [4.69, 9.17) is 10.0 Å². The van der Waals surface area contributed by atoms with Crippen LogP contribution in [0.1, 0.15) is 59.8 Å². The molecule has 2 N–H and O–H groups in total. The van der Waals surface area contributed by atoms with Crippen LogP contribution in [0.3, 0.4) is 0 Å². The summed E-state index contributed by atoms with van der Waals surface area (Å²) in [6.45, 7) is 9.37. The standard InChI is InChI=1S/C10H18.C4H11BO2/c1-7-4-5-8-6-9(7)10(8,2)3;1-2-3-4-5(6)7/h7-9H,4-6H2,1-3H3;6-7H,2-4H2,1H3. The third-order valence-corrected chi connectivity index (χ3v) is 5.02. The fourth-order valence-corrected chi connectivity index (χ4v) is 3.56. The molecule has 0 radical (unpaired) electrons. The van der Waals surface area contributed by atoms with Crippen LogP contribution in [0.4, 0.5) is 0 Å². The van der Waals surface area contributed by atoms with E-state index in [1.165, 1.54) is 19.3 Å². The predicted molar refractivity (Wildman–Crippen MR) is 73.7 cm³/mol. The number of hydrogen-bond donors (Lipinski definition) is 2. The van der Waals surface area contributed by atoms with E-state index >= 15 is 0 Å². The maximum atomic E-state index is 8.24. The molecule has 3 unspecified atom stereocenters. The van der Waals surface area contributed by atoms with Crippen LogP contribution in [0, 0.1) is 23.2 Å². The zero-order chi connectivity index (χ0) is 13.1. The van der Waals surface area contributed by atoms with Gasteiger partial charge in [-0.2, -0.15) is 0 Å². The molecule has 100 valence electrons. The average Bonchev–Trinajstić information content (AvgIpc) is 2.26. The van der Waals surface area contributed by atoms with Crippen LogP contribution in [0.2, 0.25) is 6.32 Å². The van der Waals surface area contributed by atoms with E-state index in [0.29, 0.717) is 11.7 Å². The molecule has 3 atom stereocenters. The second-order valence-corrected chi connectivity index (χ2v) is 6.54. The zero-order valence-electron chi connectivity index (χ0n) is 11.9. The molecular formula is C14H29BO2. The minimum atomic E-state index is -1.10. The van der Waals surface area contributed by atoms with Crippen LogP contribution in [0.25, 0.3) is 0 Å². The highest BCUT2D eigenvalue weighted by Gasteiger charge is 2.52. The van der Waals surface area contributed by atoms with Crippen molar-refractivity contribution in [3.8, 4) is 0 Å². The lowest BCUT2D eigenvalue weighted by molar-refractivity contribution is -0.0988. The third kappa shape index (κ3) is 3.72. The largest absolute Gasteiger partial charge is 0.451 e. The first kappa shape index (κ1) is 15.0. The number of hydrogen-bond acceptors (Lipinski definition) is 2. The first-order valence-electron chi connectivity index (χ1n) is 7.25. The van der Waals surface area contributed by atoms with Crippen molar-refractivity contribution in [1.82, 2.24) is 0 Å². The third-order valence-electron chi connectivity index (χ3n) is 5.02. The first-order chi connectivity index (χ1) is 7.89. The fraction of sp³-hybridized carbons (Fsp3) is 1.00. The van der Waals surface area contributed by atoms with Gasteiger partial charge < -0.3 is 10.0 Å². The van der Waals surface area contributed by atoms with Crippen LogP contribution in [0.15, 0.2) is 0 Å². The second-order valence-electron chi connectivity index (χ2n) is 6.54. The molecule has 0 aromatic rings. The van der Waals surface area contributed by atoms with Crippen LogP contribution in [-0.2, 0) is 0 Å². The molecule has 3 heteroatoms. The molecule has 0 spiro atoms. The molecular weight excluding hydrogens is 211 g/mol. The first-order valence-corrected chi connectivity index (χ1v) is 7.25. The molecule has 3 saturated carbocycles. The van der Waals surface area contributed by atoms with Gasteiger partial charge in [0, 0.05) is 0 Å². The maximum absolute atomic E-state index is 8.24. The average molecular weight is 240 g/mol. The molecule has 3 aliphatic rings. The van der Waals surface area contributed by atoms with Gasteiger partial charge >= 0.3 is 7.12 Å². The van der Waals surface area contributed by atoms with Gasteiger partial charge in [0.2, 0.25) is 0 Å². The van der Waals surface area contributed by atoms with E-state index in [-0.39, 0.29) is 0 Å². The van der Waals surface area contributed by atoms with Crippen molar-refractivity contribution in [1.29, 1.82) is 0 Å². The lowest BCUT2D eigenvalue weighted by Crippen LogP contribution is -2.51. The molecule has 2 nitrogen and oxygen atoms in total. The van der Waals surface area contributed by atoms with E-state index in [2.05, 4.69) is 20.8 Å². The molecule has 0 aromatic carbocycles. The Hall–Kier alpha value is -0.0151. The van der Waals surface area contributed by atoms with Gasteiger partial charge in [-0.3, -0.25) is 0 Å². The number of unbranched alkanes of at least 4 members (excludes halogenated alkanes) is 1. The molecule has 3 aliphatic carbocycles. The Balaban J connectivity index is 0.000000185. The summed E-state index contributed by atoms with van der Waals surface area (Å²) in [5.41, 5.74) is 0.706. The molecule has 3 fully saturated rings. The van der Waals surface area contributed by atoms with Crippen LogP contribution in [-0.4, -0.2) is 17.2 Å². The number of fused-ring (bicyclic) bond motifs is 2. The topological polar surface area (TPSA) is 40.5 Å². The molecule has 17 heavy (non-hydrogen) atoms. The van der Waals surface area contributed by atoms with Crippen molar-refractivity contribution < 1.29 is 10.0 Å². The number of rotatable bonds is 3. The predicted octanol–water partition coefficient (Wildman–Crippen LogP) is 3.34. The van der Waals surface area contributed by atoms with Crippen molar-refractivity contribution in [3.05, 3.63) is 0 Å². The SMILES string of the molecule is CC1CCC2CC1C2(C)C.CCCCB(O)O. The highest BCUT2D eigenvalue weighted by atomic mass is 16.4. The monoisotopic (exact) mass is 240 g/mol. The van der Waals surface area contributed by atoms with E-state index in [1.54, 1.807) is 0 Å². The van der Waals surface area contributed by atoms with Gasteiger partial charge in [0.05, 0.1) is 0 Å². The van der Waals surface area contributed by atoms with Gasteiger partial charge in [-0.15, -0.1) is 0 Å². The summed E-state index contributed by atoms with van der Waals surface area (Å²) in [4.78, 5) is 0. The normalized spacial score (nSPS) is 33.2. The van der Waals surface area contributed by atoms with E-state index in [0.717, 1.165) is 30.6 Å². The van der Waals surface area contributed by atoms with Crippen molar-refractivity contribution in [2.75, 3.05) is 0 Å². The van der Waals surface area contributed by atoms with E-state index in [1.807, 2.05) is 6.92 Å². The lowest BCUT2D eigenvalue weighted by Gasteiger charge is -2.59. The molecule has 0 saturated heterocycles. The van der Waals surface area contributed by atoms with Crippen molar-refractivity contribution in [2.45, 2.75) is 66.1 Å². The molecule has 0 amide bonds. The van der Waals surface area contributed by atoms with Gasteiger partial charge in [-0.05, 0) is 42.3 Å². The van der Waals surface area contributed by atoms with Crippen molar-refractivity contribution in [2.24, 2.45) is 23.2 Å². The molecule has 2 bridgehead atoms. The second kappa shape index (κ2) is 6.24. The zero-order valence-corrected chi connectivity index (χ0v) is 11.9. The summed E-state index contributed by atoms with van der Waals surface area (Å²) in [6, 6.07) is 0. The molecule has 0 heterocycles. The Bertz CT molecular complexity index is 226. The molecule has 3 rings (SSSR count). The van der Waals surface area contributed by atoms with Crippen LogP contribution >= 0.6 is 0 Å². The Kier molecular flexibility index (Phi) is 5.52. The van der Waals surface area contributed by atoms with Gasteiger partial charge in [0.1, 0.15) is 0 Å². The summed E-state index contributed by atoms with van der Waals surface area (Å²) in [5, 5.41) is 16.5. The summed E-state index contributed by atoms with van der Waals surface area (Å²) < 4.78 is 0. The Morgan fingerprint density at radius 2 is 1.88 bits per heavy atom. The summed E-state index contributed by atoms with van der Waals surface area (Å²) in [6.07, 6.45) is 6.98. The molecule has 0 aliphatic heterocycles. The highest BCUT2D eigenvalue weighted by molar-refractivity contribution is 6.40. The lowest BCUT2D eigenvalue weighted by atomic mass is 9.46. The summed E-state index contributed by atoms with van der Waals surface area (Å²) in [7, 11) is -1.10. The minimum Gasteiger partial charge on any atom is -0.427 e. The highest BCUT2D eigenvalue weighted by Crippen LogP contribution is 2.61. The maximum Gasteiger partial charge on any atom is 0.451 e. The van der Waals surface area contributed by atoms with Crippen LogP contribution < -0.4 is 0 Å².